The Hall–Kier alpha value is -1.40. The monoisotopic (exact) mass is 254 g/mol. The first-order chi connectivity index (χ1) is 8.40. The summed E-state index contributed by atoms with van der Waals surface area (Å²) in [5.74, 6) is 0.219. The number of amides is 1. The van der Waals surface area contributed by atoms with Gasteiger partial charge in [0, 0.05) is 6.20 Å². The fourth-order valence-corrected chi connectivity index (χ4v) is 1.46. The Bertz CT molecular complexity index is 401. The molecule has 0 unspecified atom stereocenters. The molecule has 1 heterocycles. The summed E-state index contributed by atoms with van der Waals surface area (Å²) in [5.41, 5.74) is 5.26. The van der Waals surface area contributed by atoms with Gasteiger partial charge in [0.25, 0.3) is 0 Å². The molecule has 0 aliphatic carbocycles. The fourth-order valence-electron chi connectivity index (χ4n) is 1.46. The second kappa shape index (κ2) is 5.97. The zero-order valence-corrected chi connectivity index (χ0v) is 11.2. The van der Waals surface area contributed by atoms with E-state index in [-0.39, 0.29) is 12.5 Å². The van der Waals surface area contributed by atoms with Crippen molar-refractivity contribution in [2.24, 2.45) is 5.73 Å². The molecule has 1 rings (SSSR count). The van der Waals surface area contributed by atoms with E-state index in [1.807, 2.05) is 20.8 Å². The zero-order valence-electron chi connectivity index (χ0n) is 11.2. The SMILES string of the molecule is CCC[C@H](N)C(=O)Nc1cn(C(C)(C)CO)cn1. The lowest BCUT2D eigenvalue weighted by Gasteiger charge is -2.23. The smallest absolute Gasteiger partial charge is 0.242 e. The number of aromatic nitrogens is 2. The molecule has 0 aliphatic heterocycles. The van der Waals surface area contributed by atoms with Crippen molar-refractivity contribution < 1.29 is 9.90 Å². The Labute approximate surface area is 107 Å². The second-order valence-corrected chi connectivity index (χ2v) is 5.02. The van der Waals surface area contributed by atoms with E-state index in [1.54, 1.807) is 17.1 Å². The van der Waals surface area contributed by atoms with E-state index in [0.29, 0.717) is 12.2 Å². The van der Waals surface area contributed by atoms with Crippen molar-refractivity contribution in [3.8, 4) is 0 Å². The summed E-state index contributed by atoms with van der Waals surface area (Å²) in [5, 5.41) is 11.9. The molecule has 0 aromatic carbocycles. The van der Waals surface area contributed by atoms with E-state index >= 15 is 0 Å². The minimum atomic E-state index is -0.508. The molecule has 0 radical (unpaired) electrons. The van der Waals surface area contributed by atoms with Crippen molar-refractivity contribution in [2.75, 3.05) is 11.9 Å². The van der Waals surface area contributed by atoms with E-state index in [9.17, 15) is 9.90 Å². The number of nitrogens with two attached hydrogens (primary N) is 1. The predicted molar refractivity (Wildman–Crippen MR) is 70.1 cm³/mol. The third-order valence-electron chi connectivity index (χ3n) is 2.86. The number of carbonyl (C=O) groups excluding carboxylic acids is 1. The molecule has 0 fully saturated rings. The van der Waals surface area contributed by atoms with Crippen molar-refractivity contribution in [1.29, 1.82) is 0 Å². The van der Waals surface area contributed by atoms with Crippen LogP contribution in [0.1, 0.15) is 33.6 Å². The number of carbonyl (C=O) groups is 1. The first kappa shape index (κ1) is 14.7. The van der Waals surface area contributed by atoms with E-state index in [0.717, 1.165) is 6.42 Å². The summed E-state index contributed by atoms with van der Waals surface area (Å²) in [6.45, 7) is 5.73. The summed E-state index contributed by atoms with van der Waals surface area (Å²) in [4.78, 5) is 15.8. The van der Waals surface area contributed by atoms with Crippen molar-refractivity contribution in [3.05, 3.63) is 12.5 Å². The largest absolute Gasteiger partial charge is 0.394 e. The lowest BCUT2D eigenvalue weighted by Crippen LogP contribution is -2.35. The minimum Gasteiger partial charge on any atom is -0.394 e. The molecule has 0 spiro atoms. The maximum Gasteiger partial charge on any atom is 0.242 e. The normalized spacial score (nSPS) is 13.4. The maximum absolute atomic E-state index is 11.7. The summed E-state index contributed by atoms with van der Waals surface area (Å²) in [6, 6.07) is -0.508. The Morgan fingerprint density at radius 1 is 1.67 bits per heavy atom. The molecule has 102 valence electrons. The molecule has 1 aromatic heterocycles. The highest BCUT2D eigenvalue weighted by atomic mass is 16.3. The lowest BCUT2D eigenvalue weighted by atomic mass is 10.1. The van der Waals surface area contributed by atoms with Crippen LogP contribution in [0, 0.1) is 0 Å². The van der Waals surface area contributed by atoms with Gasteiger partial charge in [0.2, 0.25) is 5.91 Å². The standard InChI is InChI=1S/C12H22N4O2/c1-4-5-9(13)11(18)15-10-6-16(8-14-10)12(2,3)7-17/h6,8-9,17H,4-5,7,13H2,1-3H3,(H,15,18)/t9-/m0/s1. The third kappa shape index (κ3) is 3.54. The summed E-state index contributed by atoms with van der Waals surface area (Å²) in [6.07, 6.45) is 4.78. The van der Waals surface area contributed by atoms with Crippen LogP contribution in [0.2, 0.25) is 0 Å². The summed E-state index contributed by atoms with van der Waals surface area (Å²) in [7, 11) is 0. The molecule has 0 bridgehead atoms. The Kier molecular flexibility index (Phi) is 4.86. The Morgan fingerprint density at radius 2 is 2.33 bits per heavy atom. The number of rotatable bonds is 6. The first-order valence-electron chi connectivity index (χ1n) is 6.12. The zero-order chi connectivity index (χ0) is 13.8. The van der Waals surface area contributed by atoms with Gasteiger partial charge in [-0.05, 0) is 20.3 Å². The molecule has 6 heteroatoms. The van der Waals surface area contributed by atoms with Crippen LogP contribution in [-0.2, 0) is 10.3 Å². The fraction of sp³-hybridized carbons (Fsp3) is 0.667. The van der Waals surface area contributed by atoms with Crippen molar-refractivity contribution >= 4 is 11.7 Å². The molecular formula is C12H22N4O2. The van der Waals surface area contributed by atoms with Gasteiger partial charge < -0.3 is 20.7 Å². The molecular weight excluding hydrogens is 232 g/mol. The average molecular weight is 254 g/mol. The van der Waals surface area contributed by atoms with Crippen LogP contribution >= 0.6 is 0 Å². The van der Waals surface area contributed by atoms with Crippen LogP contribution in [0.5, 0.6) is 0 Å². The van der Waals surface area contributed by atoms with Gasteiger partial charge in [0.1, 0.15) is 0 Å². The Balaban J connectivity index is 2.67. The van der Waals surface area contributed by atoms with E-state index < -0.39 is 11.6 Å². The lowest BCUT2D eigenvalue weighted by molar-refractivity contribution is -0.117. The average Bonchev–Trinajstić information content (AvgIpc) is 2.78. The van der Waals surface area contributed by atoms with Crippen LogP contribution in [0.4, 0.5) is 5.82 Å². The van der Waals surface area contributed by atoms with Crippen LogP contribution < -0.4 is 11.1 Å². The number of aliphatic hydroxyl groups excluding tert-OH is 1. The second-order valence-electron chi connectivity index (χ2n) is 5.02. The number of nitrogens with zero attached hydrogens (tertiary/aromatic N) is 2. The van der Waals surface area contributed by atoms with E-state index in [2.05, 4.69) is 10.3 Å². The van der Waals surface area contributed by atoms with Gasteiger partial charge in [-0.2, -0.15) is 0 Å². The van der Waals surface area contributed by atoms with Crippen molar-refractivity contribution in [3.63, 3.8) is 0 Å². The van der Waals surface area contributed by atoms with Gasteiger partial charge >= 0.3 is 0 Å². The topological polar surface area (TPSA) is 93.2 Å². The molecule has 1 amide bonds. The maximum atomic E-state index is 11.7. The molecule has 0 aliphatic rings. The Morgan fingerprint density at radius 3 is 2.89 bits per heavy atom. The highest BCUT2D eigenvalue weighted by Gasteiger charge is 2.20. The summed E-state index contributed by atoms with van der Waals surface area (Å²) >= 11 is 0. The van der Waals surface area contributed by atoms with Crippen LogP contribution in [0.25, 0.3) is 0 Å². The van der Waals surface area contributed by atoms with Gasteiger partial charge in [0.05, 0.1) is 24.5 Å². The predicted octanol–water partition coefficient (Wildman–Crippen LogP) is 0.676. The van der Waals surface area contributed by atoms with E-state index in [4.69, 9.17) is 5.73 Å². The highest BCUT2D eigenvalue weighted by molar-refractivity contribution is 5.93. The van der Waals surface area contributed by atoms with E-state index in [1.165, 1.54) is 0 Å². The van der Waals surface area contributed by atoms with Crippen LogP contribution in [0.15, 0.2) is 12.5 Å². The third-order valence-corrected chi connectivity index (χ3v) is 2.86. The quantitative estimate of drug-likeness (QED) is 0.696. The molecule has 1 aromatic rings. The van der Waals surface area contributed by atoms with Gasteiger partial charge in [-0.15, -0.1) is 0 Å². The van der Waals surface area contributed by atoms with Gasteiger partial charge in [-0.3, -0.25) is 4.79 Å². The molecule has 18 heavy (non-hydrogen) atoms. The number of imidazole rings is 1. The van der Waals surface area contributed by atoms with Crippen molar-refractivity contribution in [1.82, 2.24) is 9.55 Å². The number of hydrogen-bond donors (Lipinski definition) is 3. The number of nitrogens with one attached hydrogen (secondary N) is 1. The number of hydrogen-bond acceptors (Lipinski definition) is 4. The van der Waals surface area contributed by atoms with Gasteiger partial charge in [0.15, 0.2) is 5.82 Å². The molecule has 1 atom stereocenters. The first-order valence-corrected chi connectivity index (χ1v) is 6.12. The minimum absolute atomic E-state index is 0.00784. The number of anilines is 1. The molecule has 6 nitrogen and oxygen atoms in total. The molecule has 4 N–H and O–H groups in total. The van der Waals surface area contributed by atoms with Gasteiger partial charge in [-0.1, -0.05) is 13.3 Å². The summed E-state index contributed by atoms with van der Waals surface area (Å²) < 4.78 is 1.76. The van der Waals surface area contributed by atoms with Crippen molar-refractivity contribution in [2.45, 2.75) is 45.2 Å². The van der Waals surface area contributed by atoms with Crippen LogP contribution in [0.3, 0.4) is 0 Å². The molecule has 0 saturated carbocycles. The molecule has 0 saturated heterocycles. The highest BCUT2D eigenvalue weighted by Crippen LogP contribution is 2.16. The van der Waals surface area contributed by atoms with Gasteiger partial charge in [-0.25, -0.2) is 4.98 Å². The number of aliphatic hydroxyl groups is 1. The van der Waals surface area contributed by atoms with Crippen LogP contribution in [-0.4, -0.2) is 33.2 Å².